The van der Waals surface area contributed by atoms with E-state index in [1.165, 1.54) is 7.11 Å². The fraction of sp³-hybridized carbons (Fsp3) is 0.0909. The second kappa shape index (κ2) is 4.32. The maximum Gasteiger partial charge on any atom is 0.187 e. The number of methoxy groups -OCH3 is 1. The first-order valence-corrected chi connectivity index (χ1v) is 4.73. The number of benzene rings is 1. The van der Waals surface area contributed by atoms with Crippen LogP contribution >= 0.6 is 0 Å². The Kier molecular flexibility index (Phi) is 2.86. The first-order valence-electron chi connectivity index (χ1n) is 4.73. The van der Waals surface area contributed by atoms with Crippen molar-refractivity contribution in [3.8, 4) is 17.0 Å². The van der Waals surface area contributed by atoms with E-state index in [9.17, 15) is 8.78 Å². The van der Waals surface area contributed by atoms with Crippen LogP contribution in [0.1, 0.15) is 0 Å². The Morgan fingerprint density at radius 2 is 2.00 bits per heavy atom. The number of ether oxygens (including phenoxy) is 1. The number of nitrogen functional groups attached to an aromatic ring is 1. The van der Waals surface area contributed by atoms with Crippen LogP contribution in [-0.2, 0) is 0 Å². The predicted octanol–water partition coefficient (Wildman–Crippen LogP) is 2.01. The molecule has 88 valence electrons. The maximum absolute atomic E-state index is 13.6. The fourth-order valence-corrected chi connectivity index (χ4v) is 1.46. The third-order valence-electron chi connectivity index (χ3n) is 2.22. The highest BCUT2D eigenvalue weighted by molar-refractivity contribution is 5.71. The normalized spacial score (nSPS) is 10.3. The Hall–Kier alpha value is -2.24. The van der Waals surface area contributed by atoms with Gasteiger partial charge in [-0.3, -0.25) is 0 Å². The zero-order valence-electron chi connectivity index (χ0n) is 8.95. The summed E-state index contributed by atoms with van der Waals surface area (Å²) < 4.78 is 31.7. The lowest BCUT2D eigenvalue weighted by atomic mass is 10.1. The van der Waals surface area contributed by atoms with E-state index in [-0.39, 0.29) is 22.8 Å². The van der Waals surface area contributed by atoms with E-state index < -0.39 is 11.6 Å². The summed E-state index contributed by atoms with van der Waals surface area (Å²) in [4.78, 5) is 7.57. The van der Waals surface area contributed by atoms with Crippen molar-refractivity contribution < 1.29 is 13.5 Å². The van der Waals surface area contributed by atoms with Crippen LogP contribution < -0.4 is 10.5 Å². The minimum atomic E-state index is -0.609. The number of hydrogen-bond acceptors (Lipinski definition) is 4. The number of hydrogen-bond donors (Lipinski definition) is 1. The molecule has 2 N–H and O–H groups in total. The van der Waals surface area contributed by atoms with Gasteiger partial charge in [-0.25, -0.2) is 18.7 Å². The minimum absolute atomic E-state index is 0.0176. The van der Waals surface area contributed by atoms with Gasteiger partial charge in [-0.15, -0.1) is 0 Å². The molecule has 4 nitrogen and oxygen atoms in total. The molecular weight excluding hydrogens is 228 g/mol. The highest BCUT2D eigenvalue weighted by atomic mass is 19.1. The molecule has 0 saturated carbocycles. The van der Waals surface area contributed by atoms with Gasteiger partial charge in [0.1, 0.15) is 23.7 Å². The lowest BCUT2D eigenvalue weighted by molar-refractivity contribution is 0.415. The average molecular weight is 237 g/mol. The highest BCUT2D eigenvalue weighted by Gasteiger charge is 2.15. The molecule has 6 heteroatoms. The molecule has 0 atom stereocenters. The topological polar surface area (TPSA) is 61.0 Å². The van der Waals surface area contributed by atoms with Crippen LogP contribution in [-0.4, -0.2) is 17.1 Å². The summed E-state index contributed by atoms with van der Waals surface area (Å²) in [7, 11) is 1.36. The van der Waals surface area contributed by atoms with Gasteiger partial charge in [0, 0.05) is 5.56 Å². The van der Waals surface area contributed by atoms with E-state index in [0.29, 0.717) is 0 Å². The van der Waals surface area contributed by atoms with Gasteiger partial charge < -0.3 is 10.5 Å². The molecule has 0 saturated heterocycles. The molecule has 0 aliphatic heterocycles. The van der Waals surface area contributed by atoms with Crippen molar-refractivity contribution in [1.82, 2.24) is 9.97 Å². The van der Waals surface area contributed by atoms with Crippen LogP contribution in [0.3, 0.4) is 0 Å². The summed E-state index contributed by atoms with van der Waals surface area (Å²) >= 11 is 0. The Morgan fingerprint density at radius 3 is 2.71 bits per heavy atom. The lowest BCUT2D eigenvalue weighted by Crippen LogP contribution is -2.01. The molecule has 0 bridgehead atoms. The maximum atomic E-state index is 13.6. The molecule has 1 heterocycles. The summed E-state index contributed by atoms with van der Waals surface area (Å²) in [6.07, 6.45) is 1.16. The summed E-state index contributed by atoms with van der Waals surface area (Å²) in [6, 6.07) is 3.07. The van der Waals surface area contributed by atoms with Crippen LogP contribution in [0.15, 0.2) is 24.5 Å². The fourth-order valence-electron chi connectivity index (χ4n) is 1.46. The van der Waals surface area contributed by atoms with E-state index in [1.807, 2.05) is 0 Å². The molecule has 1 aromatic heterocycles. The summed E-state index contributed by atoms with van der Waals surface area (Å²) in [5.41, 5.74) is 5.67. The molecule has 0 unspecified atom stereocenters. The second-order valence-electron chi connectivity index (χ2n) is 3.26. The lowest BCUT2D eigenvalue weighted by Gasteiger charge is -2.09. The van der Waals surface area contributed by atoms with Crippen molar-refractivity contribution in [3.63, 3.8) is 0 Å². The van der Waals surface area contributed by atoms with E-state index in [2.05, 4.69) is 9.97 Å². The number of nitrogens with zero attached hydrogens (tertiary/aromatic N) is 2. The molecule has 1 aromatic carbocycles. The van der Waals surface area contributed by atoms with Crippen molar-refractivity contribution >= 4 is 5.82 Å². The molecule has 2 aromatic rings. The standard InChI is InChI=1S/C11H9F2N3O/c1-17-10-9(15-5-16-11(10)14)7-4-6(12)2-3-8(7)13/h2-5H,1H3,(H2,14,15,16). The minimum Gasteiger partial charge on any atom is -0.491 e. The molecule has 0 aliphatic rings. The quantitative estimate of drug-likeness (QED) is 0.867. The van der Waals surface area contributed by atoms with E-state index in [4.69, 9.17) is 10.5 Å². The van der Waals surface area contributed by atoms with Gasteiger partial charge >= 0.3 is 0 Å². The summed E-state index contributed by atoms with van der Waals surface area (Å²) in [6.45, 7) is 0. The number of halogens is 2. The number of aromatic nitrogens is 2. The number of anilines is 1. The molecular formula is C11H9F2N3O. The van der Waals surface area contributed by atoms with Crippen molar-refractivity contribution in [2.75, 3.05) is 12.8 Å². The second-order valence-corrected chi connectivity index (χ2v) is 3.26. The molecule has 17 heavy (non-hydrogen) atoms. The van der Waals surface area contributed by atoms with Gasteiger partial charge in [-0.2, -0.15) is 0 Å². The largest absolute Gasteiger partial charge is 0.491 e. The van der Waals surface area contributed by atoms with Crippen molar-refractivity contribution in [1.29, 1.82) is 0 Å². The van der Waals surface area contributed by atoms with Crippen molar-refractivity contribution in [3.05, 3.63) is 36.2 Å². The third-order valence-corrected chi connectivity index (χ3v) is 2.22. The average Bonchev–Trinajstić information content (AvgIpc) is 2.32. The highest BCUT2D eigenvalue weighted by Crippen LogP contribution is 2.32. The number of nitrogens with two attached hydrogens (primary N) is 1. The number of rotatable bonds is 2. The van der Waals surface area contributed by atoms with Crippen LogP contribution in [0.2, 0.25) is 0 Å². The smallest absolute Gasteiger partial charge is 0.187 e. The van der Waals surface area contributed by atoms with E-state index >= 15 is 0 Å². The van der Waals surface area contributed by atoms with Crippen LogP contribution in [0.5, 0.6) is 5.75 Å². The third kappa shape index (κ3) is 2.01. The van der Waals surface area contributed by atoms with Crippen LogP contribution in [0, 0.1) is 11.6 Å². The summed E-state index contributed by atoms with van der Waals surface area (Å²) in [5, 5.41) is 0. The summed E-state index contributed by atoms with van der Waals surface area (Å²) in [5.74, 6) is -0.985. The van der Waals surface area contributed by atoms with Gasteiger partial charge in [0.05, 0.1) is 7.11 Å². The zero-order chi connectivity index (χ0) is 12.4. The van der Waals surface area contributed by atoms with Crippen LogP contribution in [0.25, 0.3) is 11.3 Å². The molecule has 0 spiro atoms. The Morgan fingerprint density at radius 1 is 1.24 bits per heavy atom. The van der Waals surface area contributed by atoms with E-state index in [1.54, 1.807) is 0 Å². The molecule has 0 radical (unpaired) electrons. The Labute approximate surface area is 96.1 Å². The Bertz CT molecular complexity index is 560. The zero-order valence-corrected chi connectivity index (χ0v) is 8.95. The van der Waals surface area contributed by atoms with Gasteiger partial charge in [0.25, 0.3) is 0 Å². The van der Waals surface area contributed by atoms with Gasteiger partial charge in [0.2, 0.25) is 0 Å². The van der Waals surface area contributed by atoms with Crippen molar-refractivity contribution in [2.24, 2.45) is 0 Å². The molecule has 0 amide bonds. The monoisotopic (exact) mass is 237 g/mol. The first-order chi connectivity index (χ1) is 8.13. The molecule has 0 fully saturated rings. The Balaban J connectivity index is 2.68. The predicted molar refractivity (Wildman–Crippen MR) is 58.3 cm³/mol. The van der Waals surface area contributed by atoms with Crippen molar-refractivity contribution in [2.45, 2.75) is 0 Å². The van der Waals surface area contributed by atoms with Gasteiger partial charge in [0.15, 0.2) is 11.6 Å². The first kappa shape index (κ1) is 11.3. The van der Waals surface area contributed by atoms with E-state index in [0.717, 1.165) is 24.5 Å². The SMILES string of the molecule is COc1c(N)ncnc1-c1cc(F)ccc1F. The van der Waals surface area contributed by atoms with Gasteiger partial charge in [-0.1, -0.05) is 0 Å². The van der Waals surface area contributed by atoms with Crippen LogP contribution in [0.4, 0.5) is 14.6 Å². The molecule has 2 rings (SSSR count). The van der Waals surface area contributed by atoms with Gasteiger partial charge in [-0.05, 0) is 18.2 Å². The molecule has 0 aliphatic carbocycles.